The SMILES string of the molecule is CCOC(=O)c1nnc(C)n1CCc1nncn1C. The third-order valence-corrected chi connectivity index (χ3v) is 2.76. The van der Waals surface area contributed by atoms with E-state index >= 15 is 0 Å². The summed E-state index contributed by atoms with van der Waals surface area (Å²) in [6, 6.07) is 0. The third kappa shape index (κ3) is 2.78. The molecule has 2 rings (SSSR count). The Hall–Kier alpha value is -2.25. The van der Waals surface area contributed by atoms with E-state index in [1.165, 1.54) is 0 Å². The van der Waals surface area contributed by atoms with Crippen molar-refractivity contribution >= 4 is 5.97 Å². The summed E-state index contributed by atoms with van der Waals surface area (Å²) in [7, 11) is 1.88. The molecule has 0 aromatic carbocycles. The summed E-state index contributed by atoms with van der Waals surface area (Å²) in [5, 5.41) is 15.6. The molecule has 0 aliphatic rings. The third-order valence-electron chi connectivity index (χ3n) is 2.76. The molecule has 2 aromatic heterocycles. The zero-order valence-electron chi connectivity index (χ0n) is 11.2. The molecule has 2 heterocycles. The van der Waals surface area contributed by atoms with Gasteiger partial charge in [-0.15, -0.1) is 20.4 Å². The predicted octanol–water partition coefficient (Wildman–Crippen LogP) is 0.134. The fourth-order valence-corrected chi connectivity index (χ4v) is 1.74. The Balaban J connectivity index is 2.13. The maximum atomic E-state index is 11.7. The van der Waals surface area contributed by atoms with Crippen LogP contribution in [-0.4, -0.2) is 42.1 Å². The number of nitrogens with zero attached hydrogens (tertiary/aromatic N) is 6. The first-order chi connectivity index (χ1) is 9.13. The average Bonchev–Trinajstić information content (AvgIpc) is 2.94. The summed E-state index contributed by atoms with van der Waals surface area (Å²) in [6.45, 7) is 4.42. The minimum atomic E-state index is -0.457. The number of carbonyl (C=O) groups is 1. The molecule has 19 heavy (non-hydrogen) atoms. The fraction of sp³-hybridized carbons (Fsp3) is 0.545. The first-order valence-electron chi connectivity index (χ1n) is 6.03. The van der Waals surface area contributed by atoms with Crippen LogP contribution in [-0.2, 0) is 24.8 Å². The number of esters is 1. The van der Waals surface area contributed by atoms with Crippen molar-refractivity contribution in [1.82, 2.24) is 29.5 Å². The van der Waals surface area contributed by atoms with Crippen molar-refractivity contribution in [3.8, 4) is 0 Å². The zero-order chi connectivity index (χ0) is 13.8. The maximum absolute atomic E-state index is 11.7. The number of aryl methyl sites for hydroxylation is 3. The van der Waals surface area contributed by atoms with E-state index in [1.54, 1.807) is 24.7 Å². The van der Waals surface area contributed by atoms with Crippen molar-refractivity contribution in [2.45, 2.75) is 26.8 Å². The van der Waals surface area contributed by atoms with Gasteiger partial charge in [0.15, 0.2) is 0 Å². The van der Waals surface area contributed by atoms with Gasteiger partial charge in [0.25, 0.3) is 0 Å². The molecular formula is C11H16N6O2. The van der Waals surface area contributed by atoms with Gasteiger partial charge in [-0.2, -0.15) is 0 Å². The zero-order valence-corrected chi connectivity index (χ0v) is 11.2. The highest BCUT2D eigenvalue weighted by atomic mass is 16.5. The van der Waals surface area contributed by atoms with Crippen molar-refractivity contribution in [3.05, 3.63) is 23.8 Å². The molecule has 0 saturated heterocycles. The lowest BCUT2D eigenvalue weighted by molar-refractivity contribution is 0.0505. The number of hydrogen-bond donors (Lipinski definition) is 0. The van der Waals surface area contributed by atoms with Gasteiger partial charge >= 0.3 is 5.97 Å². The number of ether oxygens (including phenoxy) is 1. The molecule has 0 amide bonds. The lowest BCUT2D eigenvalue weighted by Crippen LogP contribution is -2.16. The van der Waals surface area contributed by atoms with Crippen LogP contribution in [0, 0.1) is 6.92 Å². The predicted molar refractivity (Wildman–Crippen MR) is 65.4 cm³/mol. The van der Waals surface area contributed by atoms with E-state index in [4.69, 9.17) is 4.74 Å². The van der Waals surface area contributed by atoms with Crippen LogP contribution in [0.15, 0.2) is 6.33 Å². The summed E-state index contributed by atoms with van der Waals surface area (Å²) < 4.78 is 8.51. The van der Waals surface area contributed by atoms with E-state index in [9.17, 15) is 4.79 Å². The molecule has 0 bridgehead atoms. The average molecular weight is 264 g/mol. The van der Waals surface area contributed by atoms with Crippen LogP contribution in [0.3, 0.4) is 0 Å². The molecule has 102 valence electrons. The molecule has 0 saturated carbocycles. The van der Waals surface area contributed by atoms with Crippen LogP contribution in [0.1, 0.15) is 29.2 Å². The Morgan fingerprint density at radius 1 is 1.37 bits per heavy atom. The highest BCUT2D eigenvalue weighted by molar-refractivity contribution is 5.85. The molecule has 0 N–H and O–H groups in total. The standard InChI is InChI=1S/C11H16N6O2/c1-4-19-11(18)10-15-13-8(2)17(10)6-5-9-14-12-7-16(9)3/h7H,4-6H2,1-3H3. The van der Waals surface area contributed by atoms with Gasteiger partial charge in [-0.05, 0) is 13.8 Å². The molecule has 8 nitrogen and oxygen atoms in total. The van der Waals surface area contributed by atoms with Crippen LogP contribution < -0.4 is 0 Å². The smallest absolute Gasteiger partial charge is 0.376 e. The molecular weight excluding hydrogens is 248 g/mol. The topological polar surface area (TPSA) is 87.7 Å². The van der Waals surface area contributed by atoms with Crippen LogP contribution in [0.5, 0.6) is 0 Å². The quantitative estimate of drug-likeness (QED) is 0.713. The van der Waals surface area contributed by atoms with Gasteiger partial charge in [0.2, 0.25) is 5.82 Å². The highest BCUT2D eigenvalue weighted by Gasteiger charge is 2.18. The van der Waals surface area contributed by atoms with Gasteiger partial charge in [-0.25, -0.2) is 4.79 Å². The van der Waals surface area contributed by atoms with E-state index in [0.717, 1.165) is 5.82 Å². The second-order valence-corrected chi connectivity index (χ2v) is 4.05. The normalized spacial score (nSPS) is 10.7. The summed E-state index contributed by atoms with van der Waals surface area (Å²) in [5.74, 6) is 1.27. The number of carbonyl (C=O) groups excluding carboxylic acids is 1. The first-order valence-corrected chi connectivity index (χ1v) is 6.03. The first kappa shape index (κ1) is 13.2. The second-order valence-electron chi connectivity index (χ2n) is 4.05. The van der Waals surface area contributed by atoms with Gasteiger partial charge in [0.05, 0.1) is 6.61 Å². The fourth-order valence-electron chi connectivity index (χ4n) is 1.74. The number of aromatic nitrogens is 6. The van der Waals surface area contributed by atoms with Crippen molar-refractivity contribution < 1.29 is 9.53 Å². The minimum Gasteiger partial charge on any atom is -0.460 e. The Morgan fingerprint density at radius 3 is 2.79 bits per heavy atom. The van der Waals surface area contributed by atoms with Crippen LogP contribution >= 0.6 is 0 Å². The molecule has 0 spiro atoms. The maximum Gasteiger partial charge on any atom is 0.376 e. The summed E-state index contributed by atoms with van der Waals surface area (Å²) in [4.78, 5) is 11.7. The molecule has 2 aromatic rings. The Kier molecular flexibility index (Phi) is 3.88. The van der Waals surface area contributed by atoms with Crippen molar-refractivity contribution in [2.24, 2.45) is 7.05 Å². The van der Waals surface area contributed by atoms with E-state index in [2.05, 4.69) is 20.4 Å². The number of rotatable bonds is 5. The molecule has 0 aliphatic heterocycles. The molecule has 0 unspecified atom stereocenters. The van der Waals surface area contributed by atoms with Gasteiger partial charge in [0.1, 0.15) is 18.0 Å². The minimum absolute atomic E-state index is 0.224. The van der Waals surface area contributed by atoms with Gasteiger partial charge in [-0.3, -0.25) is 0 Å². The monoisotopic (exact) mass is 264 g/mol. The molecule has 0 aliphatic carbocycles. The molecule has 0 radical (unpaired) electrons. The molecule has 8 heteroatoms. The lowest BCUT2D eigenvalue weighted by Gasteiger charge is -2.07. The Bertz CT molecular complexity index is 574. The lowest BCUT2D eigenvalue weighted by atomic mass is 10.3. The van der Waals surface area contributed by atoms with Crippen LogP contribution in [0.2, 0.25) is 0 Å². The van der Waals surface area contributed by atoms with Gasteiger partial charge < -0.3 is 13.9 Å². The van der Waals surface area contributed by atoms with E-state index in [-0.39, 0.29) is 5.82 Å². The summed E-state index contributed by atoms with van der Waals surface area (Å²) in [5.41, 5.74) is 0. The summed E-state index contributed by atoms with van der Waals surface area (Å²) >= 11 is 0. The van der Waals surface area contributed by atoms with E-state index < -0.39 is 5.97 Å². The van der Waals surface area contributed by atoms with E-state index in [1.807, 2.05) is 11.6 Å². The van der Waals surface area contributed by atoms with Crippen LogP contribution in [0.4, 0.5) is 0 Å². The largest absolute Gasteiger partial charge is 0.460 e. The van der Waals surface area contributed by atoms with E-state index in [0.29, 0.717) is 25.4 Å². The van der Waals surface area contributed by atoms with Gasteiger partial charge in [-0.1, -0.05) is 0 Å². The van der Waals surface area contributed by atoms with Crippen molar-refractivity contribution in [2.75, 3.05) is 6.61 Å². The van der Waals surface area contributed by atoms with Crippen molar-refractivity contribution in [3.63, 3.8) is 0 Å². The van der Waals surface area contributed by atoms with Crippen LogP contribution in [0.25, 0.3) is 0 Å². The van der Waals surface area contributed by atoms with Gasteiger partial charge in [0, 0.05) is 20.0 Å². The summed E-state index contributed by atoms with van der Waals surface area (Å²) in [6.07, 6.45) is 2.28. The number of hydrogen-bond acceptors (Lipinski definition) is 6. The molecule has 0 fully saturated rings. The van der Waals surface area contributed by atoms with Crippen molar-refractivity contribution in [1.29, 1.82) is 0 Å². The highest BCUT2D eigenvalue weighted by Crippen LogP contribution is 2.05. The Labute approximate surface area is 110 Å². The second kappa shape index (κ2) is 5.59. The molecule has 0 atom stereocenters. The Morgan fingerprint density at radius 2 is 2.16 bits per heavy atom.